The van der Waals surface area contributed by atoms with Crippen LogP contribution in [0.15, 0.2) is 18.2 Å². The fourth-order valence-electron chi connectivity index (χ4n) is 4.00. The summed E-state index contributed by atoms with van der Waals surface area (Å²) in [6.45, 7) is 13.4. The van der Waals surface area contributed by atoms with Crippen LogP contribution in [0, 0.1) is 0 Å². The van der Waals surface area contributed by atoms with Crippen molar-refractivity contribution in [1.82, 2.24) is 5.32 Å². The van der Waals surface area contributed by atoms with Crippen molar-refractivity contribution in [3.05, 3.63) is 23.2 Å². The normalized spacial score (nSPS) is 20.2. The minimum Gasteiger partial charge on any atom is -0.492 e. The maximum absolute atomic E-state index is 12.8. The second-order valence-corrected chi connectivity index (χ2v) is 11.9. The van der Waals surface area contributed by atoms with E-state index in [1.807, 2.05) is 33.8 Å². The highest BCUT2D eigenvalue weighted by atomic mass is 35.5. The van der Waals surface area contributed by atoms with Crippen LogP contribution in [0.4, 0.5) is 4.79 Å². The molecule has 1 aliphatic heterocycles. The van der Waals surface area contributed by atoms with Gasteiger partial charge < -0.3 is 28.8 Å². The summed E-state index contributed by atoms with van der Waals surface area (Å²) < 4.78 is 29.0. The van der Waals surface area contributed by atoms with Crippen molar-refractivity contribution in [2.75, 3.05) is 6.61 Å². The standard InChI is InChI=1S/C26H39BClNO7/c1-24(2,3)34-23(31)29-20(22(30)33-18-10-8-9-11-18)14-15-32-21-13-12-17(16-19(21)28)27-35-25(4,5)26(6,7)36-27/h12-13,16,18,20H,8-11,14-15H2,1-7H3,(H,29,31)/t20-/m0/s1. The molecule has 2 aliphatic rings. The zero-order valence-electron chi connectivity index (χ0n) is 22.4. The molecule has 1 saturated heterocycles. The minimum absolute atomic E-state index is 0.113. The van der Waals surface area contributed by atoms with Crippen molar-refractivity contribution in [3.8, 4) is 5.75 Å². The molecule has 3 rings (SSSR count). The highest BCUT2D eigenvalue weighted by molar-refractivity contribution is 6.62. The fraction of sp³-hybridized carbons (Fsp3) is 0.692. The minimum atomic E-state index is -0.900. The second kappa shape index (κ2) is 11.2. The van der Waals surface area contributed by atoms with Gasteiger partial charge in [0.2, 0.25) is 0 Å². The Balaban J connectivity index is 1.60. The van der Waals surface area contributed by atoms with E-state index in [2.05, 4.69) is 5.32 Å². The number of esters is 1. The van der Waals surface area contributed by atoms with Crippen molar-refractivity contribution in [1.29, 1.82) is 0 Å². The molecule has 10 heteroatoms. The lowest BCUT2D eigenvalue weighted by Gasteiger charge is -2.32. The number of hydrogen-bond acceptors (Lipinski definition) is 7. The molecular weight excluding hydrogens is 485 g/mol. The van der Waals surface area contributed by atoms with Crippen LogP contribution in [0.25, 0.3) is 0 Å². The van der Waals surface area contributed by atoms with E-state index in [1.54, 1.807) is 32.9 Å². The molecular formula is C26H39BClNO7. The van der Waals surface area contributed by atoms with Crippen LogP contribution in [0.1, 0.15) is 80.6 Å². The van der Waals surface area contributed by atoms with Gasteiger partial charge in [0.15, 0.2) is 0 Å². The summed E-state index contributed by atoms with van der Waals surface area (Å²) >= 11 is 6.48. The maximum atomic E-state index is 12.8. The van der Waals surface area contributed by atoms with E-state index in [9.17, 15) is 9.59 Å². The van der Waals surface area contributed by atoms with Gasteiger partial charge in [-0.2, -0.15) is 0 Å². The number of rotatable bonds is 8. The Morgan fingerprint density at radius 2 is 1.75 bits per heavy atom. The molecule has 8 nitrogen and oxygen atoms in total. The van der Waals surface area contributed by atoms with Crippen molar-refractivity contribution in [2.24, 2.45) is 0 Å². The molecule has 0 radical (unpaired) electrons. The molecule has 1 amide bonds. The third-order valence-corrected chi connectivity index (χ3v) is 7.00. The number of carbonyl (C=O) groups is 2. The summed E-state index contributed by atoms with van der Waals surface area (Å²) in [6, 6.07) is 4.44. The summed E-state index contributed by atoms with van der Waals surface area (Å²) in [5, 5.41) is 3.02. The first kappa shape index (κ1) is 28.6. The summed E-state index contributed by atoms with van der Waals surface area (Å²) in [4.78, 5) is 25.1. The van der Waals surface area contributed by atoms with Crippen LogP contribution in [-0.2, 0) is 23.6 Å². The molecule has 1 atom stereocenters. The molecule has 1 aromatic rings. The van der Waals surface area contributed by atoms with Crippen LogP contribution in [0.3, 0.4) is 0 Å². The summed E-state index contributed by atoms with van der Waals surface area (Å²) in [5.74, 6) is -0.0318. The SMILES string of the molecule is CC(C)(C)OC(=O)N[C@@H](CCOc1ccc(B2OC(C)(C)C(C)(C)O2)cc1Cl)C(=O)OC1CCCC1. The molecule has 0 aromatic heterocycles. The van der Waals surface area contributed by atoms with E-state index < -0.39 is 42.0 Å². The average Bonchev–Trinajstić information content (AvgIpc) is 3.32. The number of ether oxygens (including phenoxy) is 3. The van der Waals surface area contributed by atoms with Crippen molar-refractivity contribution < 1.29 is 33.1 Å². The number of amides is 1. The first-order chi connectivity index (χ1) is 16.7. The molecule has 0 unspecified atom stereocenters. The van der Waals surface area contributed by atoms with Gasteiger partial charge in [0.25, 0.3) is 0 Å². The van der Waals surface area contributed by atoms with Gasteiger partial charge in [-0.25, -0.2) is 9.59 Å². The number of benzene rings is 1. The second-order valence-electron chi connectivity index (χ2n) is 11.5. The lowest BCUT2D eigenvalue weighted by atomic mass is 9.79. The Hall–Kier alpha value is -1.97. The van der Waals surface area contributed by atoms with Crippen molar-refractivity contribution in [2.45, 2.75) is 110 Å². The topological polar surface area (TPSA) is 92.3 Å². The third-order valence-electron chi connectivity index (χ3n) is 6.71. The van der Waals surface area contributed by atoms with Crippen molar-refractivity contribution >= 4 is 36.2 Å². The Bertz CT molecular complexity index is 925. The van der Waals surface area contributed by atoms with Crippen LogP contribution < -0.4 is 15.5 Å². The highest BCUT2D eigenvalue weighted by Crippen LogP contribution is 2.37. The van der Waals surface area contributed by atoms with E-state index >= 15 is 0 Å². The summed E-state index contributed by atoms with van der Waals surface area (Å²) in [7, 11) is -0.533. The van der Waals surface area contributed by atoms with Crippen LogP contribution in [-0.4, -0.2) is 54.7 Å². The molecule has 0 spiro atoms. The lowest BCUT2D eigenvalue weighted by Crippen LogP contribution is -2.45. The van der Waals surface area contributed by atoms with Gasteiger partial charge in [-0.1, -0.05) is 17.7 Å². The number of hydrogen-bond donors (Lipinski definition) is 1. The molecule has 36 heavy (non-hydrogen) atoms. The van der Waals surface area contributed by atoms with E-state index in [0.717, 1.165) is 31.1 Å². The predicted octanol–water partition coefficient (Wildman–Crippen LogP) is 4.79. The Labute approximate surface area is 219 Å². The monoisotopic (exact) mass is 523 g/mol. The first-order valence-electron chi connectivity index (χ1n) is 12.6. The smallest absolute Gasteiger partial charge is 0.492 e. The fourth-order valence-corrected chi connectivity index (χ4v) is 4.24. The Kier molecular flexibility index (Phi) is 8.89. The van der Waals surface area contributed by atoms with Gasteiger partial charge in [0.1, 0.15) is 23.5 Å². The maximum Gasteiger partial charge on any atom is 0.494 e. The van der Waals surface area contributed by atoms with Gasteiger partial charge in [0.05, 0.1) is 22.8 Å². The van der Waals surface area contributed by atoms with E-state index in [4.69, 9.17) is 35.1 Å². The van der Waals surface area contributed by atoms with Crippen LogP contribution >= 0.6 is 11.6 Å². The highest BCUT2D eigenvalue weighted by Gasteiger charge is 2.51. The van der Waals surface area contributed by atoms with E-state index in [0.29, 0.717) is 10.8 Å². The predicted molar refractivity (Wildman–Crippen MR) is 139 cm³/mol. The van der Waals surface area contributed by atoms with E-state index in [-0.39, 0.29) is 19.1 Å². The molecule has 1 aromatic carbocycles. The zero-order valence-corrected chi connectivity index (χ0v) is 23.2. The van der Waals surface area contributed by atoms with Crippen LogP contribution in [0.5, 0.6) is 5.75 Å². The lowest BCUT2D eigenvalue weighted by molar-refractivity contribution is -0.151. The quantitative estimate of drug-likeness (QED) is 0.387. The van der Waals surface area contributed by atoms with E-state index in [1.165, 1.54) is 0 Å². The number of alkyl carbamates (subject to hydrolysis) is 1. The van der Waals surface area contributed by atoms with Gasteiger partial charge in [-0.3, -0.25) is 0 Å². The van der Waals surface area contributed by atoms with Gasteiger partial charge in [-0.15, -0.1) is 0 Å². The third kappa shape index (κ3) is 7.52. The molecule has 1 N–H and O–H groups in total. The first-order valence-corrected chi connectivity index (χ1v) is 13.0. The van der Waals surface area contributed by atoms with Crippen molar-refractivity contribution in [3.63, 3.8) is 0 Å². The number of carbonyl (C=O) groups excluding carboxylic acids is 2. The Morgan fingerprint density at radius 1 is 1.14 bits per heavy atom. The molecule has 1 heterocycles. The van der Waals surface area contributed by atoms with Gasteiger partial charge >= 0.3 is 19.2 Å². The number of halogens is 1. The van der Waals surface area contributed by atoms with Crippen LogP contribution in [0.2, 0.25) is 5.02 Å². The van der Waals surface area contributed by atoms with Gasteiger partial charge in [-0.05, 0) is 91.7 Å². The zero-order chi connectivity index (χ0) is 26.7. The molecule has 0 bridgehead atoms. The summed E-state index contributed by atoms with van der Waals surface area (Å²) in [6.07, 6.45) is 3.15. The average molecular weight is 524 g/mol. The molecule has 200 valence electrons. The largest absolute Gasteiger partial charge is 0.494 e. The Morgan fingerprint density at radius 3 is 2.31 bits per heavy atom. The molecule has 1 saturated carbocycles. The number of nitrogens with one attached hydrogen (secondary N) is 1. The molecule has 2 fully saturated rings. The summed E-state index contributed by atoms with van der Waals surface area (Å²) in [5.41, 5.74) is -0.812. The molecule has 1 aliphatic carbocycles. The van der Waals surface area contributed by atoms with Gasteiger partial charge in [0, 0.05) is 6.42 Å².